The summed E-state index contributed by atoms with van der Waals surface area (Å²) in [5.41, 5.74) is 5.63. The zero-order valence-corrected chi connectivity index (χ0v) is 9.40. The van der Waals surface area contributed by atoms with Gasteiger partial charge in [-0.25, -0.2) is 0 Å². The third-order valence-corrected chi connectivity index (χ3v) is 1.82. The van der Waals surface area contributed by atoms with Crippen molar-refractivity contribution in [2.24, 2.45) is 5.73 Å². The van der Waals surface area contributed by atoms with E-state index in [1.54, 1.807) is 0 Å². The summed E-state index contributed by atoms with van der Waals surface area (Å²) in [6.45, 7) is 5.41. The molecule has 2 N–H and O–H groups in total. The first kappa shape index (κ1) is 12.1. The summed E-state index contributed by atoms with van der Waals surface area (Å²) in [6.07, 6.45) is 2.35. The van der Waals surface area contributed by atoms with Crippen molar-refractivity contribution in [1.82, 2.24) is 10.1 Å². The van der Waals surface area contributed by atoms with E-state index in [-0.39, 0.29) is 6.04 Å². The van der Waals surface area contributed by atoms with Crippen molar-refractivity contribution in [2.75, 3.05) is 13.2 Å². The largest absolute Gasteiger partial charge is 0.381 e. The van der Waals surface area contributed by atoms with Crippen LogP contribution in [0.2, 0.25) is 0 Å². The normalized spacial score (nSPS) is 13.0. The Bertz CT molecular complexity index is 273. The molecule has 0 saturated heterocycles. The Hall–Kier alpha value is -0.940. The monoisotopic (exact) mass is 213 g/mol. The Morgan fingerprint density at radius 1 is 1.47 bits per heavy atom. The minimum Gasteiger partial charge on any atom is -0.381 e. The lowest BCUT2D eigenvalue weighted by Crippen LogP contribution is -2.18. The molecule has 86 valence electrons. The highest BCUT2D eigenvalue weighted by Gasteiger charge is 2.07. The Morgan fingerprint density at radius 3 is 2.93 bits per heavy atom. The van der Waals surface area contributed by atoms with Crippen LogP contribution in [-0.4, -0.2) is 29.4 Å². The van der Waals surface area contributed by atoms with Gasteiger partial charge < -0.3 is 15.0 Å². The first-order valence-corrected chi connectivity index (χ1v) is 5.37. The summed E-state index contributed by atoms with van der Waals surface area (Å²) >= 11 is 0. The van der Waals surface area contributed by atoms with Crippen molar-refractivity contribution in [3.8, 4) is 0 Å². The predicted octanol–water partition coefficient (Wildman–Crippen LogP) is 0.928. The molecule has 0 bridgehead atoms. The van der Waals surface area contributed by atoms with Crippen LogP contribution in [0.5, 0.6) is 0 Å². The molecule has 5 heteroatoms. The van der Waals surface area contributed by atoms with Crippen LogP contribution < -0.4 is 5.73 Å². The van der Waals surface area contributed by atoms with Gasteiger partial charge >= 0.3 is 0 Å². The third kappa shape index (κ3) is 4.90. The number of rotatable bonds is 7. The summed E-state index contributed by atoms with van der Waals surface area (Å²) < 4.78 is 10.4. The maximum absolute atomic E-state index is 5.63. The van der Waals surface area contributed by atoms with Crippen LogP contribution in [0.4, 0.5) is 0 Å². The second-order valence-electron chi connectivity index (χ2n) is 3.65. The average molecular weight is 213 g/mol. The lowest BCUT2D eigenvalue weighted by molar-refractivity contribution is 0.132. The second kappa shape index (κ2) is 6.53. The lowest BCUT2D eigenvalue weighted by Gasteiger charge is -1.98. The molecule has 1 heterocycles. The minimum atomic E-state index is 0.0618. The van der Waals surface area contributed by atoms with Crippen LogP contribution in [0.15, 0.2) is 4.52 Å². The van der Waals surface area contributed by atoms with Crippen molar-refractivity contribution in [1.29, 1.82) is 0 Å². The molecule has 0 fully saturated rings. The van der Waals surface area contributed by atoms with Gasteiger partial charge in [0.1, 0.15) is 0 Å². The van der Waals surface area contributed by atoms with Crippen molar-refractivity contribution in [2.45, 2.75) is 39.2 Å². The number of hydrogen-bond donors (Lipinski definition) is 1. The molecule has 5 nitrogen and oxygen atoms in total. The summed E-state index contributed by atoms with van der Waals surface area (Å²) in [5.74, 6) is 1.30. The van der Waals surface area contributed by atoms with E-state index >= 15 is 0 Å². The van der Waals surface area contributed by atoms with Crippen LogP contribution in [0.1, 0.15) is 32.0 Å². The zero-order chi connectivity index (χ0) is 11.1. The van der Waals surface area contributed by atoms with Crippen LogP contribution in [0.3, 0.4) is 0 Å². The quantitative estimate of drug-likeness (QED) is 0.682. The molecule has 0 aromatic carbocycles. The molecule has 0 aliphatic heterocycles. The van der Waals surface area contributed by atoms with Crippen LogP contribution in [-0.2, 0) is 17.6 Å². The van der Waals surface area contributed by atoms with Gasteiger partial charge in [-0.05, 0) is 13.3 Å². The van der Waals surface area contributed by atoms with E-state index in [4.69, 9.17) is 15.0 Å². The van der Waals surface area contributed by atoms with Crippen LogP contribution >= 0.6 is 0 Å². The van der Waals surface area contributed by atoms with E-state index in [1.165, 1.54) is 0 Å². The third-order valence-electron chi connectivity index (χ3n) is 1.82. The van der Waals surface area contributed by atoms with Gasteiger partial charge in [-0.1, -0.05) is 12.1 Å². The molecule has 0 radical (unpaired) electrons. The predicted molar refractivity (Wildman–Crippen MR) is 56.5 cm³/mol. The average Bonchev–Trinajstić information content (AvgIpc) is 2.59. The van der Waals surface area contributed by atoms with Gasteiger partial charge in [0.2, 0.25) is 5.89 Å². The van der Waals surface area contributed by atoms with E-state index in [0.29, 0.717) is 31.2 Å². The van der Waals surface area contributed by atoms with Gasteiger partial charge in [-0.3, -0.25) is 0 Å². The maximum Gasteiger partial charge on any atom is 0.228 e. The molecular weight excluding hydrogens is 194 g/mol. The molecule has 0 spiro atoms. The first-order chi connectivity index (χ1) is 7.22. The smallest absolute Gasteiger partial charge is 0.228 e. The maximum atomic E-state index is 5.63. The Balaban J connectivity index is 2.26. The van der Waals surface area contributed by atoms with Gasteiger partial charge in [0, 0.05) is 19.1 Å². The molecule has 0 aliphatic rings. The summed E-state index contributed by atoms with van der Waals surface area (Å²) in [6, 6.07) is 0.0618. The van der Waals surface area contributed by atoms with Crippen molar-refractivity contribution in [3.63, 3.8) is 0 Å². The van der Waals surface area contributed by atoms with Crippen molar-refractivity contribution in [3.05, 3.63) is 11.7 Å². The highest BCUT2D eigenvalue weighted by atomic mass is 16.5. The van der Waals surface area contributed by atoms with Gasteiger partial charge in [0.05, 0.1) is 13.0 Å². The molecular formula is C10H19N3O2. The minimum absolute atomic E-state index is 0.0618. The Kier molecular flexibility index (Phi) is 5.28. The molecule has 0 aliphatic carbocycles. The van der Waals surface area contributed by atoms with E-state index in [9.17, 15) is 0 Å². The number of hydrogen-bond acceptors (Lipinski definition) is 5. The molecule has 1 unspecified atom stereocenters. The standard InChI is InChI=1S/C10H19N3O2/c1-3-5-14-6-4-10-12-9(13-15-10)7-8(2)11/h8H,3-7,11H2,1-2H3. The molecule has 0 amide bonds. The topological polar surface area (TPSA) is 74.2 Å². The first-order valence-electron chi connectivity index (χ1n) is 5.37. The van der Waals surface area contributed by atoms with Crippen LogP contribution in [0.25, 0.3) is 0 Å². The SMILES string of the molecule is CCCOCCc1nc(CC(C)N)no1. The van der Waals surface area contributed by atoms with Gasteiger partial charge in [-0.2, -0.15) is 4.98 Å². The van der Waals surface area contributed by atoms with Gasteiger partial charge in [0.15, 0.2) is 5.82 Å². The zero-order valence-electron chi connectivity index (χ0n) is 9.40. The Labute approximate surface area is 90.0 Å². The number of nitrogens with zero attached hydrogens (tertiary/aromatic N) is 2. The number of ether oxygens (including phenoxy) is 1. The van der Waals surface area contributed by atoms with Crippen LogP contribution in [0, 0.1) is 0 Å². The highest BCUT2D eigenvalue weighted by molar-refractivity contribution is 4.88. The van der Waals surface area contributed by atoms with Crippen molar-refractivity contribution < 1.29 is 9.26 Å². The molecule has 1 rings (SSSR count). The molecule has 1 aromatic heterocycles. The van der Waals surface area contributed by atoms with Gasteiger partial charge in [-0.15, -0.1) is 0 Å². The fourth-order valence-corrected chi connectivity index (χ4v) is 1.17. The number of nitrogens with two attached hydrogens (primary N) is 1. The second-order valence-corrected chi connectivity index (χ2v) is 3.65. The molecule has 15 heavy (non-hydrogen) atoms. The summed E-state index contributed by atoms with van der Waals surface area (Å²) in [7, 11) is 0. The van der Waals surface area contributed by atoms with E-state index < -0.39 is 0 Å². The molecule has 1 aromatic rings. The number of aromatic nitrogens is 2. The van der Waals surface area contributed by atoms with E-state index in [2.05, 4.69) is 17.1 Å². The fraction of sp³-hybridized carbons (Fsp3) is 0.800. The van der Waals surface area contributed by atoms with Crippen molar-refractivity contribution >= 4 is 0 Å². The Morgan fingerprint density at radius 2 is 2.27 bits per heavy atom. The summed E-state index contributed by atoms with van der Waals surface area (Å²) in [4.78, 5) is 4.21. The highest BCUT2D eigenvalue weighted by Crippen LogP contribution is 2.01. The summed E-state index contributed by atoms with van der Waals surface area (Å²) in [5, 5.41) is 3.83. The molecule has 0 saturated carbocycles. The van der Waals surface area contributed by atoms with E-state index in [1.807, 2.05) is 6.92 Å². The van der Waals surface area contributed by atoms with Gasteiger partial charge in [0.25, 0.3) is 0 Å². The molecule has 1 atom stereocenters. The van der Waals surface area contributed by atoms with E-state index in [0.717, 1.165) is 13.0 Å². The lowest BCUT2D eigenvalue weighted by atomic mass is 10.2. The fourth-order valence-electron chi connectivity index (χ4n) is 1.17.